The Hall–Kier alpha value is -1.67. The summed E-state index contributed by atoms with van der Waals surface area (Å²) in [6, 6.07) is -2.12. The molecule has 176 valence electrons. The minimum Gasteiger partial charge on any atom is -0.381 e. The Morgan fingerprint density at radius 3 is 2.23 bits per heavy atom. The number of amides is 3. The lowest BCUT2D eigenvalue weighted by molar-refractivity contribution is -0.142. The first-order chi connectivity index (χ1) is 14.2. The molecule has 3 rings (SSSR count). The lowest BCUT2D eigenvalue weighted by Crippen LogP contribution is -2.58. The number of aliphatic hydroxyl groups excluding tert-OH is 1. The molecule has 0 aromatic carbocycles. The molecule has 6 N–H and O–H groups in total. The highest BCUT2D eigenvalue weighted by atomic mass is 16.3. The van der Waals surface area contributed by atoms with Crippen LogP contribution in [0.5, 0.6) is 0 Å². The summed E-state index contributed by atoms with van der Waals surface area (Å²) < 4.78 is 0. The number of likely N-dealkylation sites (tertiary alicyclic amines) is 1. The van der Waals surface area contributed by atoms with Crippen LogP contribution in [0.3, 0.4) is 0 Å². The minimum atomic E-state index is -1.45. The molecule has 3 aliphatic rings. The highest BCUT2D eigenvalue weighted by molar-refractivity contribution is 5.91. The van der Waals surface area contributed by atoms with E-state index in [4.69, 9.17) is 11.5 Å². The van der Waals surface area contributed by atoms with E-state index in [1.807, 2.05) is 20.8 Å². The molecule has 1 spiro atoms. The molecule has 0 aromatic rings. The quantitative estimate of drug-likeness (QED) is 0.470. The average Bonchev–Trinajstić information content (AvgIpc) is 2.96. The van der Waals surface area contributed by atoms with E-state index in [2.05, 4.69) is 19.2 Å². The van der Waals surface area contributed by atoms with Crippen molar-refractivity contribution in [3.63, 3.8) is 0 Å². The van der Waals surface area contributed by atoms with E-state index < -0.39 is 35.6 Å². The molecule has 0 radical (unpaired) electrons. The van der Waals surface area contributed by atoms with E-state index in [-0.39, 0.29) is 22.6 Å². The van der Waals surface area contributed by atoms with E-state index in [0.29, 0.717) is 25.3 Å². The Balaban J connectivity index is 1.79. The molecule has 8 heteroatoms. The number of nitrogens with one attached hydrogen (secondary N) is 1. The lowest BCUT2D eigenvalue weighted by Gasteiger charge is -2.35. The van der Waals surface area contributed by atoms with Crippen molar-refractivity contribution in [2.45, 2.75) is 97.4 Å². The number of hydrogen-bond donors (Lipinski definition) is 4. The zero-order chi connectivity index (χ0) is 23.4. The van der Waals surface area contributed by atoms with Crippen LogP contribution in [-0.4, -0.2) is 58.5 Å². The van der Waals surface area contributed by atoms with Gasteiger partial charge in [0.2, 0.25) is 17.7 Å². The zero-order valence-electron chi connectivity index (χ0n) is 19.6. The van der Waals surface area contributed by atoms with Crippen molar-refractivity contribution in [1.29, 1.82) is 0 Å². The summed E-state index contributed by atoms with van der Waals surface area (Å²) in [5, 5.41) is 13.2. The second-order valence-corrected chi connectivity index (χ2v) is 11.9. The fourth-order valence-corrected chi connectivity index (χ4v) is 5.25. The molecular weight excluding hydrogens is 396 g/mol. The third-order valence-corrected chi connectivity index (χ3v) is 8.12. The van der Waals surface area contributed by atoms with Crippen LogP contribution < -0.4 is 16.8 Å². The largest absolute Gasteiger partial charge is 0.381 e. The van der Waals surface area contributed by atoms with Gasteiger partial charge < -0.3 is 26.8 Å². The summed E-state index contributed by atoms with van der Waals surface area (Å²) in [7, 11) is 0. The topological polar surface area (TPSA) is 139 Å². The SMILES string of the molecule is CC(C)(C)[C@H](N)C(=O)N1C[C@@]2(C[C@H]1C(=O)NC(CC1CCC1)C(O)C(N)=O)CC2(C)C. The molecule has 3 fully saturated rings. The van der Waals surface area contributed by atoms with Crippen molar-refractivity contribution in [2.24, 2.45) is 33.6 Å². The first-order valence-electron chi connectivity index (χ1n) is 11.5. The minimum absolute atomic E-state index is 0.0600. The summed E-state index contributed by atoms with van der Waals surface area (Å²) in [4.78, 5) is 39.9. The van der Waals surface area contributed by atoms with Gasteiger partial charge in [-0.1, -0.05) is 53.9 Å². The fraction of sp³-hybridized carbons (Fsp3) is 0.870. The molecule has 0 bridgehead atoms. The Bertz CT molecular complexity index is 742. The van der Waals surface area contributed by atoms with Crippen LogP contribution in [0.15, 0.2) is 0 Å². The Labute approximate surface area is 185 Å². The van der Waals surface area contributed by atoms with Gasteiger partial charge in [-0.05, 0) is 41.4 Å². The molecule has 5 atom stereocenters. The molecule has 2 saturated carbocycles. The molecule has 2 aliphatic carbocycles. The van der Waals surface area contributed by atoms with Crippen LogP contribution in [0.1, 0.15) is 73.1 Å². The summed E-state index contributed by atoms with van der Waals surface area (Å²) >= 11 is 0. The number of nitrogens with two attached hydrogens (primary N) is 2. The summed E-state index contributed by atoms with van der Waals surface area (Å²) in [6.45, 7) is 10.6. The van der Waals surface area contributed by atoms with E-state index >= 15 is 0 Å². The van der Waals surface area contributed by atoms with Crippen LogP contribution in [0.25, 0.3) is 0 Å². The summed E-state index contributed by atoms with van der Waals surface area (Å²) in [6.07, 6.45) is 3.73. The molecule has 3 amide bonds. The third-order valence-electron chi connectivity index (χ3n) is 8.12. The van der Waals surface area contributed by atoms with Gasteiger partial charge in [0.15, 0.2) is 6.10 Å². The zero-order valence-corrected chi connectivity index (χ0v) is 19.6. The highest BCUT2D eigenvalue weighted by Gasteiger charge is 2.67. The van der Waals surface area contributed by atoms with E-state index in [1.165, 1.54) is 0 Å². The van der Waals surface area contributed by atoms with Gasteiger partial charge in [-0.3, -0.25) is 14.4 Å². The molecule has 8 nitrogen and oxygen atoms in total. The van der Waals surface area contributed by atoms with Gasteiger partial charge in [-0.15, -0.1) is 0 Å². The molecule has 2 unspecified atom stereocenters. The summed E-state index contributed by atoms with van der Waals surface area (Å²) in [5.41, 5.74) is 11.1. The highest BCUT2D eigenvalue weighted by Crippen LogP contribution is 2.68. The lowest BCUT2D eigenvalue weighted by atomic mass is 9.79. The fourth-order valence-electron chi connectivity index (χ4n) is 5.25. The number of aliphatic hydroxyl groups is 1. The van der Waals surface area contributed by atoms with E-state index in [9.17, 15) is 19.5 Å². The molecule has 1 heterocycles. The number of carbonyl (C=O) groups excluding carboxylic acids is 3. The summed E-state index contributed by atoms with van der Waals surface area (Å²) in [5.74, 6) is -1.04. The van der Waals surface area contributed by atoms with Crippen molar-refractivity contribution < 1.29 is 19.5 Å². The second-order valence-electron chi connectivity index (χ2n) is 11.9. The Morgan fingerprint density at radius 2 is 1.81 bits per heavy atom. The maximum absolute atomic E-state index is 13.4. The number of carbonyl (C=O) groups is 3. The third kappa shape index (κ3) is 4.60. The van der Waals surface area contributed by atoms with E-state index in [0.717, 1.165) is 25.7 Å². The predicted molar refractivity (Wildman–Crippen MR) is 117 cm³/mol. The predicted octanol–water partition coefficient (Wildman–Crippen LogP) is 0.898. The van der Waals surface area contributed by atoms with Gasteiger partial charge in [0.25, 0.3) is 0 Å². The second kappa shape index (κ2) is 8.03. The number of nitrogens with zero attached hydrogens (tertiary/aromatic N) is 1. The first kappa shape index (κ1) is 24.0. The average molecular weight is 437 g/mol. The van der Waals surface area contributed by atoms with Gasteiger partial charge in [0.1, 0.15) is 6.04 Å². The molecule has 1 aliphatic heterocycles. The van der Waals surface area contributed by atoms with E-state index in [1.54, 1.807) is 4.90 Å². The van der Waals surface area contributed by atoms with Crippen LogP contribution >= 0.6 is 0 Å². The van der Waals surface area contributed by atoms with Crippen molar-refractivity contribution in [3.8, 4) is 0 Å². The normalized spacial score (nSPS) is 30.4. The standard InChI is InChI=1S/C23H40N4O4/c1-21(2,3)17(24)20(31)27-12-23(11-22(23,4)5)10-15(27)19(30)26-14(16(28)18(25)29)9-13-7-6-8-13/h13-17,28H,6-12,24H2,1-5H3,(H2,25,29)(H,26,30)/t14?,15-,16?,17+,23+/m0/s1. The van der Waals surface area contributed by atoms with Gasteiger partial charge in [0, 0.05) is 6.54 Å². The number of hydrogen-bond acceptors (Lipinski definition) is 5. The molecule has 1 saturated heterocycles. The van der Waals surface area contributed by atoms with Crippen molar-refractivity contribution >= 4 is 17.7 Å². The maximum atomic E-state index is 13.4. The first-order valence-corrected chi connectivity index (χ1v) is 11.5. The smallest absolute Gasteiger partial charge is 0.248 e. The van der Waals surface area contributed by atoms with Gasteiger partial charge in [-0.25, -0.2) is 0 Å². The van der Waals surface area contributed by atoms with Gasteiger partial charge in [0.05, 0.1) is 12.1 Å². The van der Waals surface area contributed by atoms with Gasteiger partial charge in [-0.2, -0.15) is 0 Å². The van der Waals surface area contributed by atoms with Crippen molar-refractivity contribution in [1.82, 2.24) is 10.2 Å². The molecule has 31 heavy (non-hydrogen) atoms. The van der Waals surface area contributed by atoms with Crippen molar-refractivity contribution in [3.05, 3.63) is 0 Å². The molecule has 0 aromatic heterocycles. The maximum Gasteiger partial charge on any atom is 0.248 e. The number of primary amides is 1. The van der Waals surface area contributed by atoms with Crippen LogP contribution in [0.4, 0.5) is 0 Å². The van der Waals surface area contributed by atoms with Crippen molar-refractivity contribution in [2.75, 3.05) is 6.54 Å². The monoisotopic (exact) mass is 436 g/mol. The molecular formula is C23H40N4O4. The Morgan fingerprint density at radius 1 is 1.23 bits per heavy atom. The Kier molecular flexibility index (Phi) is 6.21. The van der Waals surface area contributed by atoms with Crippen LogP contribution in [0, 0.1) is 22.2 Å². The van der Waals surface area contributed by atoms with Gasteiger partial charge >= 0.3 is 0 Å². The van der Waals surface area contributed by atoms with Crippen LogP contribution in [0.2, 0.25) is 0 Å². The van der Waals surface area contributed by atoms with Crippen LogP contribution in [-0.2, 0) is 14.4 Å². The number of rotatable bonds is 7.